The summed E-state index contributed by atoms with van der Waals surface area (Å²) in [5.41, 5.74) is 0.701. The summed E-state index contributed by atoms with van der Waals surface area (Å²) in [5.74, 6) is 0. The average molecular weight is 206 g/mol. The maximum Gasteiger partial charge on any atom is 1.00 e. The summed E-state index contributed by atoms with van der Waals surface area (Å²) < 4.78 is 0. The van der Waals surface area contributed by atoms with Crippen molar-refractivity contribution >= 4 is 12.1 Å². The van der Waals surface area contributed by atoms with E-state index in [4.69, 9.17) is 0 Å². The van der Waals surface area contributed by atoms with Gasteiger partial charge < -0.3 is 5.11 Å². The fourth-order valence-corrected chi connectivity index (χ4v) is 0.575. The minimum absolute atomic E-state index is 0. The van der Waals surface area contributed by atoms with Crippen LogP contribution in [-0.2, 0) is 0 Å². The third kappa shape index (κ3) is 3.61. The second-order valence-electron chi connectivity index (χ2n) is 1.57. The van der Waals surface area contributed by atoms with Crippen molar-refractivity contribution in [2.45, 2.75) is 0 Å². The molecule has 0 N–H and O–H groups in total. The number of benzene rings is 1. The zero-order valence-electron chi connectivity index (χ0n) is 5.82. The van der Waals surface area contributed by atoms with E-state index in [0.717, 1.165) is 0 Å². The molecule has 10 heavy (non-hydrogen) atoms. The molecule has 0 aliphatic heterocycles. The summed E-state index contributed by atoms with van der Waals surface area (Å²) in [6, 6.07) is 9.09. The minimum atomic E-state index is 0. The molecule has 1 aromatic carbocycles. The summed E-state index contributed by atoms with van der Waals surface area (Å²) in [7, 11) is 0. The zero-order chi connectivity index (χ0) is 6.53. The molecule has 3 heteroatoms. The van der Waals surface area contributed by atoms with Gasteiger partial charge in [0.1, 0.15) is 0 Å². The average Bonchev–Trinajstić information content (AvgIpc) is 1.91. The molecule has 2 nitrogen and oxygen atoms in total. The molecule has 0 amide bonds. The minimum Gasteiger partial charge on any atom is -0.864 e. The maximum atomic E-state index is 9.81. The molecule has 0 aliphatic carbocycles. The fraction of sp³-hybridized carbons (Fsp3) is 0. The Balaban J connectivity index is 0.000000810. The van der Waals surface area contributed by atoms with E-state index in [0.29, 0.717) is 12.1 Å². The Morgan fingerprint density at radius 3 is 2.30 bits per heavy atom. The van der Waals surface area contributed by atoms with Gasteiger partial charge in [-0.2, -0.15) is 0 Å². The van der Waals surface area contributed by atoms with Crippen molar-refractivity contribution in [1.29, 1.82) is 0 Å². The van der Waals surface area contributed by atoms with Crippen LogP contribution in [0.3, 0.4) is 0 Å². The van der Waals surface area contributed by atoms with Gasteiger partial charge in [-0.05, 0) is 12.1 Å². The van der Waals surface area contributed by atoms with E-state index in [2.05, 4.69) is 4.99 Å². The van der Waals surface area contributed by atoms with E-state index in [-0.39, 0.29) is 58.2 Å². The van der Waals surface area contributed by atoms with Crippen LogP contribution >= 0.6 is 0 Å². The molecule has 1 aromatic rings. The van der Waals surface area contributed by atoms with Crippen LogP contribution in [0.4, 0.5) is 5.69 Å². The number of nitrogens with zero attached hydrogens (tertiary/aromatic N) is 1. The van der Waals surface area contributed by atoms with Crippen molar-refractivity contribution in [3.63, 3.8) is 0 Å². The van der Waals surface area contributed by atoms with E-state index >= 15 is 0 Å². The molecule has 0 unspecified atom stereocenters. The van der Waals surface area contributed by atoms with Crippen LogP contribution < -0.4 is 63.3 Å². The van der Waals surface area contributed by atoms with Gasteiger partial charge in [-0.25, -0.2) is 0 Å². The number of hydrogen-bond acceptors (Lipinski definition) is 2. The van der Waals surface area contributed by atoms with Crippen molar-refractivity contribution < 1.29 is 63.3 Å². The number of hydrogen-bond donors (Lipinski definition) is 0. The van der Waals surface area contributed by atoms with Gasteiger partial charge in [-0.15, -0.1) is 0 Å². The first-order valence-electron chi connectivity index (χ1n) is 2.63. The maximum absolute atomic E-state index is 9.81. The number of aliphatic imine (C=N–C) groups is 1. The molecule has 46 valence electrons. The largest absolute Gasteiger partial charge is 1.00 e. The third-order valence-corrected chi connectivity index (χ3v) is 0.958. The van der Waals surface area contributed by atoms with Crippen molar-refractivity contribution in [2.24, 2.45) is 4.99 Å². The van der Waals surface area contributed by atoms with Crippen LogP contribution in [0.2, 0.25) is 0 Å². The summed E-state index contributed by atoms with van der Waals surface area (Å²) in [6.07, 6.45) is 0.537. The molecule has 0 aliphatic rings. The molecule has 0 radical (unpaired) electrons. The first-order valence-corrected chi connectivity index (χ1v) is 2.63. The Bertz CT molecular complexity index is 198. The van der Waals surface area contributed by atoms with Gasteiger partial charge in [-0.1, -0.05) is 24.6 Å². The van der Waals surface area contributed by atoms with E-state index < -0.39 is 0 Å². The molecule has 0 spiro atoms. The first-order chi connectivity index (χ1) is 4.43. The van der Waals surface area contributed by atoms with Crippen LogP contribution in [0, 0.1) is 0 Å². The van der Waals surface area contributed by atoms with Crippen LogP contribution in [0.15, 0.2) is 35.3 Å². The SMILES string of the molecule is [O-]C=Nc1ccccc1.[Rb+]. The van der Waals surface area contributed by atoms with Crippen LogP contribution in [0.1, 0.15) is 0 Å². The van der Waals surface area contributed by atoms with E-state index in [1.807, 2.05) is 18.2 Å². The van der Waals surface area contributed by atoms with Gasteiger partial charge >= 0.3 is 58.2 Å². The predicted molar refractivity (Wildman–Crippen MR) is 34.6 cm³/mol. The molecule has 1 rings (SSSR count). The zero-order valence-corrected chi connectivity index (χ0v) is 10.7. The van der Waals surface area contributed by atoms with Gasteiger partial charge in [0.2, 0.25) is 0 Å². The normalized spacial score (nSPS) is 9.20. The Hall–Kier alpha value is 0.495. The Morgan fingerprint density at radius 1 is 1.20 bits per heavy atom. The topological polar surface area (TPSA) is 35.4 Å². The van der Waals surface area contributed by atoms with Crippen LogP contribution in [-0.4, -0.2) is 6.40 Å². The standard InChI is InChI=1S/C7H7NO.Rb/c9-6-8-7-4-2-1-3-5-7;/h1-6H,(H,8,9);/q;+1/p-1. The van der Waals surface area contributed by atoms with Gasteiger partial charge in [0, 0.05) is 0 Å². The monoisotopic (exact) mass is 205 g/mol. The summed E-state index contributed by atoms with van der Waals surface area (Å²) >= 11 is 0. The molecule has 0 saturated heterocycles. The summed E-state index contributed by atoms with van der Waals surface area (Å²) in [5, 5.41) is 9.81. The molecule has 0 bridgehead atoms. The Kier molecular flexibility index (Phi) is 6.53. The second-order valence-corrected chi connectivity index (χ2v) is 1.57. The van der Waals surface area contributed by atoms with E-state index in [1.165, 1.54) is 0 Å². The smallest absolute Gasteiger partial charge is 0.864 e. The molecule has 0 aromatic heterocycles. The van der Waals surface area contributed by atoms with Crippen molar-refractivity contribution in [1.82, 2.24) is 0 Å². The summed E-state index contributed by atoms with van der Waals surface area (Å²) in [4.78, 5) is 3.53. The molecule has 0 fully saturated rings. The Morgan fingerprint density at radius 2 is 1.80 bits per heavy atom. The first kappa shape index (κ1) is 10.5. The number of rotatable bonds is 1. The van der Waals surface area contributed by atoms with Crippen molar-refractivity contribution in [3.8, 4) is 0 Å². The third-order valence-electron chi connectivity index (χ3n) is 0.958. The quantitative estimate of drug-likeness (QED) is 0.376. The van der Waals surface area contributed by atoms with Crippen molar-refractivity contribution in [3.05, 3.63) is 30.3 Å². The number of para-hydroxylation sites is 1. The van der Waals surface area contributed by atoms with Gasteiger partial charge in [-0.3, -0.25) is 4.99 Å². The van der Waals surface area contributed by atoms with Gasteiger partial charge in [0.15, 0.2) is 0 Å². The molecular formula is C7H6NORb. The van der Waals surface area contributed by atoms with Crippen LogP contribution in [0.25, 0.3) is 0 Å². The van der Waals surface area contributed by atoms with Crippen LogP contribution in [0.5, 0.6) is 0 Å². The molecule has 0 saturated carbocycles. The second kappa shape index (κ2) is 6.22. The van der Waals surface area contributed by atoms with Crippen molar-refractivity contribution in [2.75, 3.05) is 0 Å². The molecular weight excluding hydrogens is 200 g/mol. The van der Waals surface area contributed by atoms with E-state index in [1.54, 1.807) is 12.1 Å². The molecule has 0 atom stereocenters. The fourth-order valence-electron chi connectivity index (χ4n) is 0.575. The molecule has 0 heterocycles. The Labute approximate surface area is 109 Å². The van der Waals surface area contributed by atoms with E-state index in [9.17, 15) is 5.11 Å². The van der Waals surface area contributed by atoms with Gasteiger partial charge in [0.25, 0.3) is 0 Å². The summed E-state index contributed by atoms with van der Waals surface area (Å²) in [6.45, 7) is 0. The predicted octanol–water partition coefficient (Wildman–Crippen LogP) is -2.29. The van der Waals surface area contributed by atoms with Gasteiger partial charge in [0.05, 0.1) is 5.69 Å².